The number of morpholine rings is 1. The molecular formula is C16H28N2O4. The van der Waals surface area contributed by atoms with Crippen molar-refractivity contribution in [3.05, 3.63) is 0 Å². The first kappa shape index (κ1) is 17.2. The number of carboxylic acid groups (broad SMARTS) is 1. The van der Waals surface area contributed by atoms with E-state index < -0.39 is 12.0 Å². The van der Waals surface area contributed by atoms with Crippen LogP contribution in [0.5, 0.6) is 0 Å². The van der Waals surface area contributed by atoms with E-state index in [0.29, 0.717) is 25.7 Å². The maximum Gasteiger partial charge on any atom is 0.326 e. The van der Waals surface area contributed by atoms with Gasteiger partial charge in [-0.05, 0) is 19.3 Å². The monoisotopic (exact) mass is 312 g/mol. The molecule has 2 rings (SSSR count). The summed E-state index contributed by atoms with van der Waals surface area (Å²) in [6.45, 7) is 3.79. The van der Waals surface area contributed by atoms with Crippen molar-refractivity contribution < 1.29 is 19.4 Å². The van der Waals surface area contributed by atoms with Gasteiger partial charge >= 0.3 is 5.97 Å². The second-order valence-corrected chi connectivity index (χ2v) is 6.31. The summed E-state index contributed by atoms with van der Waals surface area (Å²) in [4.78, 5) is 26.1. The zero-order chi connectivity index (χ0) is 15.9. The number of nitrogens with zero attached hydrogens (tertiary/aromatic N) is 1. The molecule has 0 aromatic rings. The average molecular weight is 312 g/mol. The number of aliphatic carboxylic acids is 1. The van der Waals surface area contributed by atoms with Gasteiger partial charge < -0.3 is 15.2 Å². The van der Waals surface area contributed by atoms with Crippen LogP contribution in [0, 0.1) is 0 Å². The summed E-state index contributed by atoms with van der Waals surface area (Å²) in [5.41, 5.74) is 0. The molecule has 2 N–H and O–H groups in total. The number of carboxylic acids is 1. The fourth-order valence-electron chi connectivity index (χ4n) is 3.45. The largest absolute Gasteiger partial charge is 0.480 e. The Morgan fingerprint density at radius 2 is 2.09 bits per heavy atom. The van der Waals surface area contributed by atoms with Crippen LogP contribution in [0.2, 0.25) is 0 Å². The van der Waals surface area contributed by atoms with Gasteiger partial charge in [-0.15, -0.1) is 0 Å². The number of nitrogens with one attached hydrogen (secondary N) is 1. The van der Waals surface area contributed by atoms with Crippen molar-refractivity contribution in [2.45, 2.75) is 70.0 Å². The van der Waals surface area contributed by atoms with Crippen LogP contribution in [0.25, 0.3) is 0 Å². The van der Waals surface area contributed by atoms with E-state index >= 15 is 0 Å². The molecule has 0 aromatic carbocycles. The molecule has 22 heavy (non-hydrogen) atoms. The fraction of sp³-hybridized carbons (Fsp3) is 0.875. The Kier molecular flexibility index (Phi) is 6.64. The van der Waals surface area contributed by atoms with Gasteiger partial charge in [0.25, 0.3) is 0 Å². The summed E-state index contributed by atoms with van der Waals surface area (Å²) in [5.74, 6) is -1.15. The number of unbranched alkanes of at least 4 members (excludes halogenated alkanes) is 1. The maximum absolute atomic E-state index is 12.5. The van der Waals surface area contributed by atoms with Gasteiger partial charge in [0.05, 0.1) is 13.2 Å². The van der Waals surface area contributed by atoms with E-state index in [0.717, 1.165) is 32.2 Å². The van der Waals surface area contributed by atoms with Crippen LogP contribution in [0.15, 0.2) is 0 Å². The Hall–Kier alpha value is -1.14. The highest BCUT2D eigenvalue weighted by molar-refractivity contribution is 5.87. The molecule has 1 heterocycles. The highest BCUT2D eigenvalue weighted by Crippen LogP contribution is 2.26. The number of hydrogen-bond donors (Lipinski definition) is 2. The van der Waals surface area contributed by atoms with E-state index in [9.17, 15) is 14.7 Å². The van der Waals surface area contributed by atoms with Gasteiger partial charge in [0, 0.05) is 12.6 Å². The van der Waals surface area contributed by atoms with Crippen molar-refractivity contribution in [1.29, 1.82) is 0 Å². The minimum atomic E-state index is -0.953. The van der Waals surface area contributed by atoms with Crippen molar-refractivity contribution in [2.24, 2.45) is 0 Å². The van der Waals surface area contributed by atoms with Crippen molar-refractivity contribution in [2.75, 3.05) is 19.8 Å². The lowest BCUT2D eigenvalue weighted by molar-refractivity contribution is -0.145. The molecule has 1 aliphatic heterocycles. The number of rotatable bonds is 7. The molecule has 1 saturated heterocycles. The molecule has 126 valence electrons. The van der Waals surface area contributed by atoms with Gasteiger partial charge in [-0.3, -0.25) is 9.69 Å². The number of carbonyl (C=O) groups is 2. The summed E-state index contributed by atoms with van der Waals surface area (Å²) in [6, 6.07) is -0.696. The molecule has 1 saturated carbocycles. The van der Waals surface area contributed by atoms with E-state index in [2.05, 4.69) is 10.2 Å². The third kappa shape index (κ3) is 4.43. The van der Waals surface area contributed by atoms with E-state index in [1.807, 2.05) is 6.92 Å². The molecule has 2 atom stereocenters. The summed E-state index contributed by atoms with van der Waals surface area (Å²) in [5, 5.41) is 12.0. The van der Waals surface area contributed by atoms with Gasteiger partial charge in [-0.25, -0.2) is 4.79 Å². The molecule has 2 fully saturated rings. The molecule has 1 aliphatic carbocycles. The van der Waals surface area contributed by atoms with Crippen LogP contribution in [-0.2, 0) is 14.3 Å². The van der Waals surface area contributed by atoms with E-state index in [1.165, 1.54) is 12.8 Å². The van der Waals surface area contributed by atoms with Crippen LogP contribution in [-0.4, -0.2) is 59.8 Å². The Balaban J connectivity index is 1.96. The van der Waals surface area contributed by atoms with Gasteiger partial charge in [0.1, 0.15) is 12.1 Å². The standard InChI is InChI=1S/C16H28N2O4/c1-2-3-8-13(16(20)21)17-15(19)14-11-22-10-9-18(14)12-6-4-5-7-12/h12-14H,2-11H2,1H3,(H,17,19)(H,20,21). The normalized spacial score (nSPS) is 25.0. The van der Waals surface area contributed by atoms with Gasteiger partial charge in [-0.2, -0.15) is 0 Å². The van der Waals surface area contributed by atoms with Crippen LogP contribution >= 0.6 is 0 Å². The lowest BCUT2D eigenvalue weighted by Gasteiger charge is -2.39. The molecule has 0 radical (unpaired) electrons. The first-order valence-corrected chi connectivity index (χ1v) is 8.50. The Morgan fingerprint density at radius 3 is 2.73 bits per heavy atom. The van der Waals surface area contributed by atoms with Crippen LogP contribution in [0.4, 0.5) is 0 Å². The zero-order valence-corrected chi connectivity index (χ0v) is 13.4. The number of carbonyl (C=O) groups excluding carboxylic acids is 1. The smallest absolute Gasteiger partial charge is 0.326 e. The molecule has 1 amide bonds. The summed E-state index contributed by atoms with van der Waals surface area (Å²) in [6.07, 6.45) is 6.87. The van der Waals surface area contributed by atoms with Crippen molar-refractivity contribution in [3.8, 4) is 0 Å². The van der Waals surface area contributed by atoms with Crippen LogP contribution < -0.4 is 5.32 Å². The molecule has 0 bridgehead atoms. The minimum Gasteiger partial charge on any atom is -0.480 e. The Morgan fingerprint density at radius 1 is 1.36 bits per heavy atom. The summed E-state index contributed by atoms with van der Waals surface area (Å²) in [7, 11) is 0. The second kappa shape index (κ2) is 8.48. The molecule has 6 heteroatoms. The third-order valence-electron chi connectivity index (χ3n) is 4.73. The van der Waals surface area contributed by atoms with Crippen molar-refractivity contribution >= 4 is 11.9 Å². The number of hydrogen-bond acceptors (Lipinski definition) is 4. The Bertz CT molecular complexity index is 382. The van der Waals surface area contributed by atoms with E-state index in [1.54, 1.807) is 0 Å². The van der Waals surface area contributed by atoms with Gasteiger partial charge in [-0.1, -0.05) is 32.6 Å². The number of ether oxygens (including phenoxy) is 1. The molecule has 2 unspecified atom stereocenters. The predicted octanol–water partition coefficient (Wildman–Crippen LogP) is 1.39. The van der Waals surface area contributed by atoms with Crippen LogP contribution in [0.1, 0.15) is 51.9 Å². The molecule has 6 nitrogen and oxygen atoms in total. The topological polar surface area (TPSA) is 78.9 Å². The predicted molar refractivity (Wildman–Crippen MR) is 82.7 cm³/mol. The SMILES string of the molecule is CCCCC(NC(=O)C1COCCN1C1CCCC1)C(=O)O. The third-order valence-corrected chi connectivity index (χ3v) is 4.73. The molecule has 2 aliphatic rings. The molecular weight excluding hydrogens is 284 g/mol. The first-order valence-electron chi connectivity index (χ1n) is 8.50. The highest BCUT2D eigenvalue weighted by Gasteiger charge is 2.36. The zero-order valence-electron chi connectivity index (χ0n) is 13.4. The first-order chi connectivity index (χ1) is 10.6. The minimum absolute atomic E-state index is 0.199. The maximum atomic E-state index is 12.5. The van der Waals surface area contributed by atoms with Crippen LogP contribution in [0.3, 0.4) is 0 Å². The van der Waals surface area contributed by atoms with Crippen molar-refractivity contribution in [3.63, 3.8) is 0 Å². The highest BCUT2D eigenvalue weighted by atomic mass is 16.5. The van der Waals surface area contributed by atoms with E-state index in [-0.39, 0.29) is 11.9 Å². The molecule has 0 spiro atoms. The van der Waals surface area contributed by atoms with Gasteiger partial charge in [0.15, 0.2) is 0 Å². The second-order valence-electron chi connectivity index (χ2n) is 6.31. The average Bonchev–Trinajstić information content (AvgIpc) is 3.05. The quantitative estimate of drug-likeness (QED) is 0.743. The van der Waals surface area contributed by atoms with E-state index in [4.69, 9.17) is 4.74 Å². The van der Waals surface area contributed by atoms with Gasteiger partial charge in [0.2, 0.25) is 5.91 Å². The van der Waals surface area contributed by atoms with Crippen molar-refractivity contribution in [1.82, 2.24) is 10.2 Å². The fourth-order valence-corrected chi connectivity index (χ4v) is 3.45. The summed E-state index contributed by atoms with van der Waals surface area (Å²) < 4.78 is 5.47. The summed E-state index contributed by atoms with van der Waals surface area (Å²) >= 11 is 0. The number of amides is 1. The molecule has 0 aromatic heterocycles. The lowest BCUT2D eigenvalue weighted by Crippen LogP contribution is -2.58. The Labute approximate surface area is 132 Å². The lowest BCUT2D eigenvalue weighted by atomic mass is 10.1.